The molecule has 0 saturated heterocycles. The van der Waals surface area contributed by atoms with Crippen molar-refractivity contribution >= 4 is 11.5 Å². The second-order valence-corrected chi connectivity index (χ2v) is 3.71. The number of carbonyl (C=O) groups excluding carboxylic acids is 1. The molecule has 1 aromatic rings. The topological polar surface area (TPSA) is 49.3 Å². The Morgan fingerprint density at radius 3 is 2.44 bits per heavy atom. The van der Waals surface area contributed by atoms with Crippen molar-refractivity contribution in [3.8, 4) is 0 Å². The van der Waals surface area contributed by atoms with Crippen molar-refractivity contribution < 1.29 is 10.0 Å². The zero-order valence-electron chi connectivity index (χ0n) is 9.28. The molecule has 16 heavy (non-hydrogen) atoms. The van der Waals surface area contributed by atoms with Gasteiger partial charge in [0.25, 0.3) is 0 Å². The van der Waals surface area contributed by atoms with Crippen molar-refractivity contribution in [2.75, 3.05) is 0 Å². The van der Waals surface area contributed by atoms with Crippen LogP contribution in [0.3, 0.4) is 0 Å². The van der Waals surface area contributed by atoms with Gasteiger partial charge in [0, 0.05) is 6.42 Å². The molecule has 1 aromatic carbocycles. The fourth-order valence-electron chi connectivity index (χ4n) is 1.50. The van der Waals surface area contributed by atoms with E-state index in [-0.39, 0.29) is 5.91 Å². The minimum absolute atomic E-state index is 0.328. The molecule has 0 atom stereocenters. The van der Waals surface area contributed by atoms with Crippen LogP contribution in [0.25, 0.3) is 5.57 Å². The summed E-state index contributed by atoms with van der Waals surface area (Å²) in [4.78, 5) is 10.7. The maximum Gasteiger partial charge on any atom is 0.243 e. The number of carbonyl (C=O) groups is 1. The molecule has 0 radical (unpaired) electrons. The third kappa shape index (κ3) is 4.28. The second kappa shape index (κ2) is 6.80. The molecule has 0 aromatic heterocycles. The lowest BCUT2D eigenvalue weighted by molar-refractivity contribution is -0.129. The molecule has 2 N–H and O–H groups in total. The largest absolute Gasteiger partial charge is 0.289 e. The number of amides is 1. The minimum Gasteiger partial charge on any atom is -0.289 e. The maximum absolute atomic E-state index is 10.7. The minimum atomic E-state index is -0.328. The molecule has 1 amide bonds. The van der Waals surface area contributed by atoms with E-state index in [0.717, 1.165) is 30.4 Å². The van der Waals surface area contributed by atoms with E-state index in [9.17, 15) is 4.79 Å². The standard InChI is InChI=1S/C13H17NO2/c1-11(12-8-3-2-4-9-12)7-5-6-10-13(15)14-16/h2-4,8-9,16H,1,5-7,10H2,(H,14,15). The fraction of sp³-hybridized carbons (Fsp3) is 0.308. The van der Waals surface area contributed by atoms with Crippen molar-refractivity contribution in [1.82, 2.24) is 5.48 Å². The van der Waals surface area contributed by atoms with Crippen molar-refractivity contribution in [3.05, 3.63) is 42.5 Å². The van der Waals surface area contributed by atoms with Gasteiger partial charge in [-0.25, -0.2) is 5.48 Å². The molecule has 1 rings (SSSR count). The number of hydrogen-bond acceptors (Lipinski definition) is 2. The van der Waals surface area contributed by atoms with E-state index in [0.29, 0.717) is 6.42 Å². The Kier molecular flexibility index (Phi) is 5.29. The van der Waals surface area contributed by atoms with Crippen LogP contribution in [0, 0.1) is 0 Å². The quantitative estimate of drug-likeness (QED) is 0.439. The summed E-state index contributed by atoms with van der Waals surface area (Å²) in [5, 5.41) is 8.30. The first-order valence-electron chi connectivity index (χ1n) is 5.40. The SMILES string of the molecule is C=C(CCCCC(=O)NO)c1ccccc1. The smallest absolute Gasteiger partial charge is 0.243 e. The number of hydrogen-bond donors (Lipinski definition) is 2. The Bertz CT molecular complexity index is 346. The summed E-state index contributed by atoms with van der Waals surface area (Å²) in [6, 6.07) is 10.0. The molecule has 0 unspecified atom stereocenters. The lowest BCUT2D eigenvalue weighted by Gasteiger charge is -2.05. The molecule has 0 aliphatic carbocycles. The van der Waals surface area contributed by atoms with Gasteiger partial charge >= 0.3 is 0 Å². The number of benzene rings is 1. The molecule has 0 aliphatic rings. The third-order valence-corrected chi connectivity index (χ3v) is 2.44. The van der Waals surface area contributed by atoms with Gasteiger partial charge in [0.2, 0.25) is 5.91 Å². The average molecular weight is 219 g/mol. The summed E-state index contributed by atoms with van der Waals surface area (Å²) in [6.07, 6.45) is 2.90. The highest BCUT2D eigenvalue weighted by molar-refractivity contribution is 5.74. The van der Waals surface area contributed by atoms with E-state index in [1.54, 1.807) is 5.48 Å². The maximum atomic E-state index is 10.7. The van der Waals surface area contributed by atoms with Crippen LogP contribution in [-0.2, 0) is 4.79 Å². The van der Waals surface area contributed by atoms with Crippen LogP contribution in [0.2, 0.25) is 0 Å². The van der Waals surface area contributed by atoms with E-state index in [4.69, 9.17) is 5.21 Å². The molecule has 86 valence electrons. The first-order chi connectivity index (χ1) is 7.74. The van der Waals surface area contributed by atoms with E-state index in [1.807, 2.05) is 30.3 Å². The molecule has 3 nitrogen and oxygen atoms in total. The summed E-state index contributed by atoms with van der Waals surface area (Å²) < 4.78 is 0. The Morgan fingerprint density at radius 1 is 1.19 bits per heavy atom. The summed E-state index contributed by atoms with van der Waals surface area (Å²) in [7, 11) is 0. The predicted octanol–water partition coefficient (Wildman–Crippen LogP) is 2.77. The fourth-order valence-corrected chi connectivity index (χ4v) is 1.50. The normalized spacial score (nSPS) is 9.81. The van der Waals surface area contributed by atoms with Crippen molar-refractivity contribution in [2.45, 2.75) is 25.7 Å². The highest BCUT2D eigenvalue weighted by atomic mass is 16.5. The highest BCUT2D eigenvalue weighted by Gasteiger charge is 2.01. The zero-order valence-corrected chi connectivity index (χ0v) is 9.28. The molecule has 0 heterocycles. The first-order valence-corrected chi connectivity index (χ1v) is 5.40. The van der Waals surface area contributed by atoms with E-state index >= 15 is 0 Å². The van der Waals surface area contributed by atoms with Gasteiger partial charge in [0.05, 0.1) is 0 Å². The molecular formula is C13H17NO2. The number of hydroxylamine groups is 1. The van der Waals surface area contributed by atoms with E-state index in [1.165, 1.54) is 0 Å². The Balaban J connectivity index is 2.24. The van der Waals surface area contributed by atoms with Crippen LogP contribution in [0.4, 0.5) is 0 Å². The van der Waals surface area contributed by atoms with Gasteiger partial charge in [0.1, 0.15) is 0 Å². The summed E-state index contributed by atoms with van der Waals surface area (Å²) in [5.41, 5.74) is 3.86. The van der Waals surface area contributed by atoms with Crippen LogP contribution in [0.5, 0.6) is 0 Å². The van der Waals surface area contributed by atoms with Gasteiger partial charge in [-0.1, -0.05) is 36.9 Å². The van der Waals surface area contributed by atoms with Crippen molar-refractivity contribution in [1.29, 1.82) is 0 Å². The van der Waals surface area contributed by atoms with Gasteiger partial charge in [-0.3, -0.25) is 10.0 Å². The van der Waals surface area contributed by atoms with E-state index < -0.39 is 0 Å². The number of unbranched alkanes of at least 4 members (excludes halogenated alkanes) is 1. The number of allylic oxidation sites excluding steroid dienone is 1. The highest BCUT2D eigenvalue weighted by Crippen LogP contribution is 2.18. The monoisotopic (exact) mass is 219 g/mol. The molecule has 0 saturated carbocycles. The molecule has 0 spiro atoms. The first kappa shape index (κ1) is 12.5. The molecule has 0 bridgehead atoms. The van der Waals surface area contributed by atoms with Crippen molar-refractivity contribution in [2.24, 2.45) is 0 Å². The number of rotatable bonds is 6. The predicted molar refractivity (Wildman–Crippen MR) is 63.9 cm³/mol. The molecular weight excluding hydrogens is 202 g/mol. The Morgan fingerprint density at radius 2 is 1.81 bits per heavy atom. The molecule has 3 heteroatoms. The molecule has 0 fully saturated rings. The van der Waals surface area contributed by atoms with Gasteiger partial charge in [-0.05, 0) is 30.4 Å². The Labute approximate surface area is 95.8 Å². The van der Waals surface area contributed by atoms with Crippen LogP contribution >= 0.6 is 0 Å². The summed E-state index contributed by atoms with van der Waals surface area (Å²) >= 11 is 0. The van der Waals surface area contributed by atoms with Gasteiger partial charge in [-0.15, -0.1) is 0 Å². The lowest BCUT2D eigenvalue weighted by atomic mass is 10.0. The Hall–Kier alpha value is -1.61. The van der Waals surface area contributed by atoms with Crippen LogP contribution in [-0.4, -0.2) is 11.1 Å². The lowest BCUT2D eigenvalue weighted by Crippen LogP contribution is -2.17. The molecule has 0 aliphatic heterocycles. The van der Waals surface area contributed by atoms with Crippen LogP contribution in [0.1, 0.15) is 31.2 Å². The summed E-state index contributed by atoms with van der Waals surface area (Å²) in [6.45, 7) is 4.01. The van der Waals surface area contributed by atoms with Gasteiger partial charge < -0.3 is 0 Å². The van der Waals surface area contributed by atoms with Gasteiger partial charge in [0.15, 0.2) is 0 Å². The van der Waals surface area contributed by atoms with Crippen LogP contribution < -0.4 is 5.48 Å². The zero-order chi connectivity index (χ0) is 11.8. The van der Waals surface area contributed by atoms with E-state index in [2.05, 4.69) is 6.58 Å². The summed E-state index contributed by atoms with van der Waals surface area (Å²) in [5.74, 6) is -0.328. The van der Waals surface area contributed by atoms with Gasteiger partial charge in [-0.2, -0.15) is 0 Å². The number of nitrogens with one attached hydrogen (secondary N) is 1. The third-order valence-electron chi connectivity index (χ3n) is 2.44. The average Bonchev–Trinajstić information content (AvgIpc) is 2.35. The van der Waals surface area contributed by atoms with Crippen LogP contribution in [0.15, 0.2) is 36.9 Å². The second-order valence-electron chi connectivity index (χ2n) is 3.71. The van der Waals surface area contributed by atoms with Crippen molar-refractivity contribution in [3.63, 3.8) is 0 Å².